The molecule has 0 spiro atoms. The maximum atomic E-state index is 12.7. The van der Waals surface area contributed by atoms with Crippen LogP contribution in [-0.2, 0) is 17.9 Å². The Bertz CT molecular complexity index is 698. The monoisotopic (exact) mass is 352 g/mol. The van der Waals surface area contributed by atoms with E-state index in [1.807, 2.05) is 56.3 Å². The van der Waals surface area contributed by atoms with Gasteiger partial charge in [0.25, 0.3) is 0 Å². The summed E-state index contributed by atoms with van der Waals surface area (Å²) >= 11 is 0. The van der Waals surface area contributed by atoms with Crippen LogP contribution in [0.25, 0.3) is 0 Å². The van der Waals surface area contributed by atoms with Crippen molar-refractivity contribution in [3.8, 4) is 5.75 Å². The average molecular weight is 352 g/mol. The Morgan fingerprint density at radius 3 is 2.54 bits per heavy atom. The highest BCUT2D eigenvalue weighted by Crippen LogP contribution is 2.20. The topological polar surface area (TPSA) is 41.6 Å². The van der Waals surface area contributed by atoms with Crippen molar-refractivity contribution in [2.75, 3.05) is 6.54 Å². The number of ether oxygens (including phenoxy) is 1. The standard InChI is InChI=1S/C22H28N2O2/c1-17(2)26-20-12-10-18(11-13-20)15-23-22(25)21-9-6-14-24(21)16-19-7-4-3-5-8-19/h3-5,7-8,10-13,17,21H,6,9,14-16H2,1-2H3,(H,23,25). The van der Waals surface area contributed by atoms with Crippen LogP contribution in [0.1, 0.15) is 37.8 Å². The van der Waals surface area contributed by atoms with Crippen LogP contribution in [0.4, 0.5) is 0 Å². The number of likely N-dealkylation sites (tertiary alicyclic amines) is 1. The molecule has 1 aliphatic rings. The first-order valence-corrected chi connectivity index (χ1v) is 9.43. The third kappa shape index (κ3) is 5.09. The van der Waals surface area contributed by atoms with E-state index in [4.69, 9.17) is 4.74 Å². The van der Waals surface area contributed by atoms with Crippen molar-refractivity contribution in [2.24, 2.45) is 0 Å². The van der Waals surface area contributed by atoms with Crippen molar-refractivity contribution in [3.63, 3.8) is 0 Å². The molecular formula is C22H28N2O2. The molecule has 1 saturated heterocycles. The lowest BCUT2D eigenvalue weighted by molar-refractivity contribution is -0.125. The molecule has 0 aliphatic carbocycles. The molecule has 1 amide bonds. The third-order valence-electron chi connectivity index (χ3n) is 4.66. The van der Waals surface area contributed by atoms with Crippen molar-refractivity contribution in [2.45, 2.75) is 51.9 Å². The Morgan fingerprint density at radius 2 is 1.85 bits per heavy atom. The first-order valence-electron chi connectivity index (χ1n) is 9.43. The maximum Gasteiger partial charge on any atom is 0.237 e. The van der Waals surface area contributed by atoms with Gasteiger partial charge in [-0.3, -0.25) is 9.69 Å². The Morgan fingerprint density at radius 1 is 1.12 bits per heavy atom. The summed E-state index contributed by atoms with van der Waals surface area (Å²) in [4.78, 5) is 14.9. The molecule has 0 bridgehead atoms. The van der Waals surface area contributed by atoms with E-state index in [0.717, 1.165) is 37.2 Å². The molecule has 3 rings (SSSR count). The lowest BCUT2D eigenvalue weighted by atomic mass is 10.1. The van der Waals surface area contributed by atoms with Gasteiger partial charge in [-0.15, -0.1) is 0 Å². The first-order chi connectivity index (χ1) is 12.6. The number of rotatable bonds is 7. The number of carbonyl (C=O) groups excluding carboxylic acids is 1. The van der Waals surface area contributed by atoms with Crippen molar-refractivity contribution in [3.05, 3.63) is 65.7 Å². The minimum atomic E-state index is -0.0289. The molecule has 1 fully saturated rings. The highest BCUT2D eigenvalue weighted by Gasteiger charge is 2.30. The number of nitrogens with one attached hydrogen (secondary N) is 1. The molecule has 1 unspecified atom stereocenters. The number of nitrogens with zero attached hydrogens (tertiary/aromatic N) is 1. The number of hydrogen-bond donors (Lipinski definition) is 1. The van der Waals surface area contributed by atoms with Crippen LogP contribution in [0, 0.1) is 0 Å². The highest BCUT2D eigenvalue weighted by molar-refractivity contribution is 5.82. The fourth-order valence-corrected chi connectivity index (χ4v) is 3.40. The molecule has 4 heteroatoms. The normalized spacial score (nSPS) is 17.4. The van der Waals surface area contributed by atoms with Crippen molar-refractivity contribution in [1.82, 2.24) is 10.2 Å². The molecule has 138 valence electrons. The molecule has 0 saturated carbocycles. The maximum absolute atomic E-state index is 12.7. The van der Waals surface area contributed by atoms with Gasteiger partial charge >= 0.3 is 0 Å². The van der Waals surface area contributed by atoms with Crippen LogP contribution >= 0.6 is 0 Å². The zero-order chi connectivity index (χ0) is 18.4. The smallest absolute Gasteiger partial charge is 0.237 e. The zero-order valence-electron chi connectivity index (χ0n) is 15.7. The first kappa shape index (κ1) is 18.5. The summed E-state index contributed by atoms with van der Waals surface area (Å²) in [6.07, 6.45) is 2.17. The lowest BCUT2D eigenvalue weighted by Crippen LogP contribution is -2.42. The molecule has 2 aromatic rings. The molecule has 1 atom stereocenters. The second kappa shape index (κ2) is 8.86. The number of amides is 1. The predicted octanol–water partition coefficient (Wildman–Crippen LogP) is 3.75. The molecule has 4 nitrogen and oxygen atoms in total. The van der Waals surface area contributed by atoms with Crippen LogP contribution in [0.15, 0.2) is 54.6 Å². The summed E-state index contributed by atoms with van der Waals surface area (Å²) in [7, 11) is 0. The summed E-state index contributed by atoms with van der Waals surface area (Å²) in [5, 5.41) is 3.10. The fraction of sp³-hybridized carbons (Fsp3) is 0.409. The highest BCUT2D eigenvalue weighted by atomic mass is 16.5. The van der Waals surface area contributed by atoms with E-state index in [2.05, 4.69) is 22.3 Å². The largest absolute Gasteiger partial charge is 0.491 e. The van der Waals surface area contributed by atoms with Crippen LogP contribution < -0.4 is 10.1 Å². The van der Waals surface area contributed by atoms with Crippen LogP contribution in [-0.4, -0.2) is 29.5 Å². The van der Waals surface area contributed by atoms with Crippen molar-refractivity contribution < 1.29 is 9.53 Å². The minimum absolute atomic E-state index is 0.0289. The molecule has 1 N–H and O–H groups in total. The van der Waals surface area contributed by atoms with Crippen LogP contribution in [0.5, 0.6) is 5.75 Å². The molecule has 1 aliphatic heterocycles. The molecule has 0 aromatic heterocycles. The fourth-order valence-electron chi connectivity index (χ4n) is 3.40. The van der Waals surface area contributed by atoms with Crippen LogP contribution in [0.2, 0.25) is 0 Å². The van der Waals surface area contributed by atoms with Gasteiger partial charge < -0.3 is 10.1 Å². The van der Waals surface area contributed by atoms with E-state index >= 15 is 0 Å². The van der Waals surface area contributed by atoms with Gasteiger partial charge in [0.05, 0.1) is 12.1 Å². The van der Waals surface area contributed by atoms with Gasteiger partial charge in [-0.1, -0.05) is 42.5 Å². The molecule has 2 aromatic carbocycles. The van der Waals surface area contributed by atoms with E-state index in [0.29, 0.717) is 6.54 Å². The quantitative estimate of drug-likeness (QED) is 0.825. The van der Waals surface area contributed by atoms with Gasteiger partial charge in [-0.05, 0) is 56.5 Å². The van der Waals surface area contributed by atoms with Gasteiger partial charge in [-0.25, -0.2) is 0 Å². The Hall–Kier alpha value is -2.33. The van der Waals surface area contributed by atoms with Crippen molar-refractivity contribution >= 4 is 5.91 Å². The van der Waals surface area contributed by atoms with E-state index in [1.54, 1.807) is 0 Å². The van der Waals surface area contributed by atoms with Gasteiger partial charge in [0.1, 0.15) is 5.75 Å². The number of benzene rings is 2. The second-order valence-electron chi connectivity index (χ2n) is 7.14. The van der Waals surface area contributed by atoms with Gasteiger partial charge in [0, 0.05) is 13.1 Å². The summed E-state index contributed by atoms with van der Waals surface area (Å²) in [5.41, 5.74) is 2.34. The van der Waals surface area contributed by atoms with E-state index in [9.17, 15) is 4.79 Å². The minimum Gasteiger partial charge on any atom is -0.491 e. The second-order valence-corrected chi connectivity index (χ2v) is 7.14. The molecule has 1 heterocycles. The lowest BCUT2D eigenvalue weighted by Gasteiger charge is -2.23. The summed E-state index contributed by atoms with van der Waals surface area (Å²) in [6, 6.07) is 18.3. The third-order valence-corrected chi connectivity index (χ3v) is 4.66. The van der Waals surface area contributed by atoms with Gasteiger partial charge in [-0.2, -0.15) is 0 Å². The molecule has 26 heavy (non-hydrogen) atoms. The number of carbonyl (C=O) groups is 1. The Labute approximate surface area is 156 Å². The molecular weight excluding hydrogens is 324 g/mol. The summed E-state index contributed by atoms with van der Waals surface area (Å²) in [5.74, 6) is 0.987. The van der Waals surface area contributed by atoms with E-state index in [1.165, 1.54) is 5.56 Å². The van der Waals surface area contributed by atoms with Gasteiger partial charge in [0.2, 0.25) is 5.91 Å². The summed E-state index contributed by atoms with van der Waals surface area (Å²) in [6.45, 7) is 6.39. The van der Waals surface area contributed by atoms with Crippen molar-refractivity contribution in [1.29, 1.82) is 0 Å². The number of hydrogen-bond acceptors (Lipinski definition) is 3. The Kier molecular flexibility index (Phi) is 6.29. The van der Waals surface area contributed by atoms with E-state index < -0.39 is 0 Å². The predicted molar refractivity (Wildman–Crippen MR) is 104 cm³/mol. The van der Waals surface area contributed by atoms with Gasteiger partial charge in [0.15, 0.2) is 0 Å². The average Bonchev–Trinajstić information content (AvgIpc) is 3.09. The summed E-state index contributed by atoms with van der Waals surface area (Å²) < 4.78 is 5.65. The molecule has 0 radical (unpaired) electrons. The zero-order valence-corrected chi connectivity index (χ0v) is 15.7. The Balaban J connectivity index is 1.52. The van der Waals surface area contributed by atoms with Crippen LogP contribution in [0.3, 0.4) is 0 Å². The van der Waals surface area contributed by atoms with E-state index in [-0.39, 0.29) is 18.1 Å². The SMILES string of the molecule is CC(C)Oc1ccc(CNC(=O)C2CCCN2Cc2ccccc2)cc1.